The summed E-state index contributed by atoms with van der Waals surface area (Å²) in [4.78, 5) is 52.9. The van der Waals surface area contributed by atoms with Gasteiger partial charge in [-0.2, -0.15) is 0 Å². The minimum atomic E-state index is -1.21. The van der Waals surface area contributed by atoms with Gasteiger partial charge in [0.05, 0.1) is 13.2 Å². The number of nitrogens with zero attached hydrogens (tertiary/aromatic N) is 1. The number of allylic oxidation sites excluding steroid dienone is 1. The van der Waals surface area contributed by atoms with Gasteiger partial charge in [0.1, 0.15) is 23.2 Å². The summed E-state index contributed by atoms with van der Waals surface area (Å²) in [5.74, 6) is -1.90. The number of hydrogen-bond donors (Lipinski definition) is 3. The summed E-state index contributed by atoms with van der Waals surface area (Å²) >= 11 is 0. The zero-order chi connectivity index (χ0) is 27.1. The zero-order valence-corrected chi connectivity index (χ0v) is 21.9. The molecule has 2 rings (SSSR count). The van der Waals surface area contributed by atoms with Crippen molar-refractivity contribution < 1.29 is 33.8 Å². The van der Waals surface area contributed by atoms with E-state index in [0.717, 1.165) is 19.3 Å². The Kier molecular flexibility index (Phi) is 10.1. The van der Waals surface area contributed by atoms with Crippen LogP contribution in [0.15, 0.2) is 25.3 Å². The summed E-state index contributed by atoms with van der Waals surface area (Å²) in [5, 5.41) is 15.7. The Balaban J connectivity index is 2.17. The van der Waals surface area contributed by atoms with Gasteiger partial charge in [-0.25, -0.2) is 9.59 Å². The maximum absolute atomic E-state index is 13.6. The summed E-state index contributed by atoms with van der Waals surface area (Å²) in [6, 6.07) is -1.93. The summed E-state index contributed by atoms with van der Waals surface area (Å²) in [6.07, 6.45) is 5.75. The molecule has 3 N–H and O–H groups in total. The lowest BCUT2D eigenvalue weighted by Crippen LogP contribution is -2.56. The highest BCUT2D eigenvalue weighted by Crippen LogP contribution is 2.45. The Morgan fingerprint density at radius 2 is 1.89 bits per heavy atom. The number of amides is 3. The van der Waals surface area contributed by atoms with Gasteiger partial charge in [-0.05, 0) is 46.5 Å². The van der Waals surface area contributed by atoms with E-state index in [2.05, 4.69) is 23.8 Å². The number of aliphatic hydroxyl groups is 1. The van der Waals surface area contributed by atoms with Gasteiger partial charge in [0.25, 0.3) is 0 Å². The van der Waals surface area contributed by atoms with E-state index >= 15 is 0 Å². The van der Waals surface area contributed by atoms with Gasteiger partial charge < -0.3 is 30.1 Å². The number of hydrogen-bond acceptors (Lipinski definition) is 7. The molecule has 10 nitrogen and oxygen atoms in total. The molecule has 1 saturated carbocycles. The molecule has 1 saturated heterocycles. The molecule has 0 unspecified atom stereocenters. The van der Waals surface area contributed by atoms with E-state index in [0.29, 0.717) is 19.3 Å². The number of methoxy groups -OCH3 is 1. The molecule has 1 heterocycles. The molecule has 10 heteroatoms. The SMILES string of the molecule is C=CCCCCC[C@H](NC(=O)OC(C)(C)C)C(=O)N1C[C@@H](O)C[C@H]1C(=O)N[C@]1(C(=O)OC)C[C@H]1C=C. The van der Waals surface area contributed by atoms with Crippen molar-refractivity contribution in [3.8, 4) is 0 Å². The number of esters is 1. The quantitative estimate of drug-likeness (QED) is 0.209. The number of unbranched alkanes of at least 4 members (excludes halogenated alkanes) is 3. The van der Waals surface area contributed by atoms with Crippen LogP contribution in [-0.2, 0) is 23.9 Å². The molecule has 0 aromatic carbocycles. The third kappa shape index (κ3) is 7.56. The predicted molar refractivity (Wildman–Crippen MR) is 134 cm³/mol. The Morgan fingerprint density at radius 3 is 2.44 bits per heavy atom. The summed E-state index contributed by atoms with van der Waals surface area (Å²) in [7, 11) is 1.24. The standard InChI is InChI=1S/C26H41N3O7/c1-7-9-10-11-12-13-19(27-24(34)36-25(3,4)5)22(32)29-16-18(30)14-20(29)21(31)28-26(23(33)35-6)15-17(26)8-2/h7-8,17-20,30H,1-2,9-16H2,3-6H3,(H,27,34)(H,28,31)/t17-,18+,19+,20+,26-/m1/s1. The van der Waals surface area contributed by atoms with Crippen LogP contribution in [0.25, 0.3) is 0 Å². The van der Waals surface area contributed by atoms with E-state index in [1.54, 1.807) is 26.8 Å². The number of carbonyl (C=O) groups excluding carboxylic acids is 4. The van der Waals surface area contributed by atoms with Crippen molar-refractivity contribution in [1.29, 1.82) is 0 Å². The van der Waals surface area contributed by atoms with Gasteiger partial charge in [-0.3, -0.25) is 9.59 Å². The second-order valence-corrected chi connectivity index (χ2v) is 10.5. The lowest BCUT2D eigenvalue weighted by Gasteiger charge is -2.30. The van der Waals surface area contributed by atoms with Gasteiger partial charge >= 0.3 is 12.1 Å². The van der Waals surface area contributed by atoms with Crippen LogP contribution in [0.4, 0.5) is 4.79 Å². The molecule has 0 aromatic rings. The fraction of sp³-hybridized carbons (Fsp3) is 0.692. The number of ether oxygens (including phenoxy) is 2. The summed E-state index contributed by atoms with van der Waals surface area (Å²) in [6.45, 7) is 12.5. The van der Waals surface area contributed by atoms with Crippen LogP contribution in [0.3, 0.4) is 0 Å². The predicted octanol–water partition coefficient (Wildman–Crippen LogP) is 2.21. The van der Waals surface area contributed by atoms with Crippen molar-refractivity contribution in [1.82, 2.24) is 15.5 Å². The van der Waals surface area contributed by atoms with E-state index < -0.39 is 53.2 Å². The zero-order valence-electron chi connectivity index (χ0n) is 21.9. The lowest BCUT2D eigenvalue weighted by molar-refractivity contribution is -0.148. The minimum absolute atomic E-state index is 0.0199. The smallest absolute Gasteiger partial charge is 0.408 e. The molecule has 5 atom stereocenters. The fourth-order valence-corrected chi connectivity index (χ4v) is 4.51. The summed E-state index contributed by atoms with van der Waals surface area (Å²) < 4.78 is 10.2. The highest BCUT2D eigenvalue weighted by atomic mass is 16.6. The Labute approximate surface area is 213 Å². The Morgan fingerprint density at radius 1 is 1.19 bits per heavy atom. The number of nitrogens with one attached hydrogen (secondary N) is 2. The van der Waals surface area contributed by atoms with Crippen molar-refractivity contribution in [2.24, 2.45) is 5.92 Å². The molecule has 0 bridgehead atoms. The van der Waals surface area contributed by atoms with Crippen molar-refractivity contribution in [2.45, 2.75) is 95.0 Å². The molecule has 2 fully saturated rings. The fourth-order valence-electron chi connectivity index (χ4n) is 4.51. The number of carbonyl (C=O) groups is 4. The molecule has 36 heavy (non-hydrogen) atoms. The molecular formula is C26H41N3O7. The van der Waals surface area contributed by atoms with Crippen molar-refractivity contribution in [3.05, 3.63) is 25.3 Å². The third-order valence-electron chi connectivity index (χ3n) is 6.45. The van der Waals surface area contributed by atoms with Crippen LogP contribution >= 0.6 is 0 Å². The van der Waals surface area contributed by atoms with Crippen LogP contribution in [0.2, 0.25) is 0 Å². The van der Waals surface area contributed by atoms with E-state index in [1.807, 2.05) is 6.08 Å². The van der Waals surface area contributed by atoms with E-state index in [9.17, 15) is 24.3 Å². The van der Waals surface area contributed by atoms with Crippen LogP contribution in [0, 0.1) is 5.92 Å². The van der Waals surface area contributed by atoms with Crippen molar-refractivity contribution in [3.63, 3.8) is 0 Å². The van der Waals surface area contributed by atoms with Gasteiger partial charge in [0.2, 0.25) is 11.8 Å². The van der Waals surface area contributed by atoms with Crippen LogP contribution in [-0.4, -0.2) is 76.9 Å². The van der Waals surface area contributed by atoms with Crippen LogP contribution < -0.4 is 10.6 Å². The topological polar surface area (TPSA) is 134 Å². The average molecular weight is 508 g/mol. The van der Waals surface area contributed by atoms with E-state index in [-0.39, 0.29) is 18.9 Å². The normalized spacial score (nSPS) is 25.9. The largest absolute Gasteiger partial charge is 0.467 e. The number of alkyl carbamates (subject to hydrolysis) is 1. The molecule has 0 aromatic heterocycles. The number of rotatable bonds is 12. The number of β-amino-alcohol motifs (C(OH)–C–C–N with tert-alkyl or cyclic N) is 1. The second-order valence-electron chi connectivity index (χ2n) is 10.5. The maximum atomic E-state index is 13.6. The van der Waals surface area contributed by atoms with Gasteiger partial charge in [0.15, 0.2) is 0 Å². The number of aliphatic hydroxyl groups excluding tert-OH is 1. The molecule has 0 spiro atoms. The highest BCUT2D eigenvalue weighted by Gasteiger charge is 2.61. The first kappa shape index (κ1) is 29.4. The van der Waals surface area contributed by atoms with Crippen LogP contribution in [0.5, 0.6) is 0 Å². The van der Waals surface area contributed by atoms with Gasteiger partial charge in [0, 0.05) is 18.9 Å². The first-order valence-electron chi connectivity index (χ1n) is 12.5. The molecule has 3 amide bonds. The first-order chi connectivity index (χ1) is 16.9. The van der Waals surface area contributed by atoms with Crippen molar-refractivity contribution >= 4 is 23.9 Å². The Hall–Kier alpha value is -2.88. The molecule has 1 aliphatic heterocycles. The molecular weight excluding hydrogens is 466 g/mol. The summed E-state index contributed by atoms with van der Waals surface area (Å²) in [5.41, 5.74) is -1.96. The Bertz CT molecular complexity index is 853. The molecule has 202 valence electrons. The second kappa shape index (κ2) is 12.4. The first-order valence-corrected chi connectivity index (χ1v) is 12.5. The number of likely N-dealkylation sites (tertiary alicyclic amines) is 1. The van der Waals surface area contributed by atoms with E-state index in [4.69, 9.17) is 9.47 Å². The molecule has 1 aliphatic carbocycles. The van der Waals surface area contributed by atoms with Gasteiger partial charge in [-0.1, -0.05) is 25.0 Å². The van der Waals surface area contributed by atoms with Gasteiger partial charge in [-0.15, -0.1) is 13.2 Å². The highest BCUT2D eigenvalue weighted by molar-refractivity contribution is 5.96. The minimum Gasteiger partial charge on any atom is -0.467 e. The van der Waals surface area contributed by atoms with Crippen LogP contribution in [0.1, 0.15) is 65.7 Å². The molecule has 0 radical (unpaired) electrons. The van der Waals surface area contributed by atoms with E-state index in [1.165, 1.54) is 12.0 Å². The maximum Gasteiger partial charge on any atom is 0.408 e. The monoisotopic (exact) mass is 507 g/mol. The molecule has 2 aliphatic rings. The third-order valence-corrected chi connectivity index (χ3v) is 6.45. The average Bonchev–Trinajstić information content (AvgIpc) is 3.37. The van der Waals surface area contributed by atoms with Crippen molar-refractivity contribution in [2.75, 3.05) is 13.7 Å². The lowest BCUT2D eigenvalue weighted by atomic mass is 10.0.